The Morgan fingerprint density at radius 3 is 2.77 bits per heavy atom. The van der Waals surface area contributed by atoms with E-state index >= 15 is 0 Å². The van der Waals surface area contributed by atoms with Gasteiger partial charge in [-0.05, 0) is 96.8 Å². The molecule has 0 radical (unpaired) electrons. The first kappa shape index (κ1) is 15.5. The van der Waals surface area contributed by atoms with Gasteiger partial charge in [0.15, 0.2) is 0 Å². The van der Waals surface area contributed by atoms with Gasteiger partial charge in [0.25, 0.3) is 0 Å². The molecule has 3 aliphatic rings. The van der Waals surface area contributed by atoms with Crippen LogP contribution in [0, 0.1) is 30.1 Å². The summed E-state index contributed by atoms with van der Waals surface area (Å²) < 4.78 is 1.16. The third kappa shape index (κ3) is 2.13. The second-order valence-corrected chi connectivity index (χ2v) is 9.31. The van der Waals surface area contributed by atoms with E-state index in [2.05, 4.69) is 55.5 Å². The molecule has 2 saturated carbocycles. The van der Waals surface area contributed by atoms with Gasteiger partial charge in [0.1, 0.15) is 0 Å². The fourth-order valence-electron chi connectivity index (χ4n) is 6.20. The van der Waals surface area contributed by atoms with E-state index in [0.29, 0.717) is 5.41 Å². The zero-order chi connectivity index (χ0) is 15.5. The summed E-state index contributed by atoms with van der Waals surface area (Å²) in [5, 5.41) is 0. The number of alkyl halides is 1. The third-order valence-electron chi connectivity index (χ3n) is 7.80. The molecule has 0 bridgehead atoms. The van der Waals surface area contributed by atoms with Crippen LogP contribution in [-0.4, -0.2) is 0 Å². The lowest BCUT2D eigenvalue weighted by molar-refractivity contribution is 0.0336. The van der Waals surface area contributed by atoms with E-state index < -0.39 is 0 Å². The summed E-state index contributed by atoms with van der Waals surface area (Å²) >= 11 is 2.53. The average molecular weight is 408 g/mol. The van der Waals surface area contributed by atoms with Crippen LogP contribution in [0.3, 0.4) is 0 Å². The van der Waals surface area contributed by atoms with Crippen molar-refractivity contribution in [2.75, 3.05) is 0 Å². The fourth-order valence-corrected chi connectivity index (χ4v) is 7.02. The zero-order valence-corrected chi connectivity index (χ0v) is 16.4. The van der Waals surface area contributed by atoms with Crippen LogP contribution in [-0.2, 0) is 10.8 Å². The van der Waals surface area contributed by atoms with Crippen LogP contribution in [0.2, 0.25) is 0 Å². The highest BCUT2D eigenvalue weighted by atomic mass is 127. The molecule has 0 N–H and O–H groups in total. The van der Waals surface area contributed by atoms with Gasteiger partial charge < -0.3 is 0 Å². The molecule has 2 fully saturated rings. The number of benzene rings is 1. The lowest BCUT2D eigenvalue weighted by Crippen LogP contribution is -2.41. The van der Waals surface area contributed by atoms with Gasteiger partial charge in [0, 0.05) is 4.43 Å². The first-order chi connectivity index (χ1) is 10.5. The van der Waals surface area contributed by atoms with E-state index in [1.54, 1.807) is 16.7 Å². The minimum Gasteiger partial charge on any atom is -0.0812 e. The van der Waals surface area contributed by atoms with Crippen LogP contribution in [0.1, 0.15) is 74.1 Å². The topological polar surface area (TPSA) is 0 Å². The Bertz CT molecular complexity index is 590. The molecule has 5 atom stereocenters. The first-order valence-corrected chi connectivity index (χ1v) is 10.8. The van der Waals surface area contributed by atoms with Gasteiger partial charge in [0.2, 0.25) is 0 Å². The summed E-state index contributed by atoms with van der Waals surface area (Å²) in [4.78, 5) is 0. The monoisotopic (exact) mass is 408 g/mol. The summed E-state index contributed by atoms with van der Waals surface area (Å²) in [7, 11) is 0. The Kier molecular flexibility index (Phi) is 3.87. The molecule has 22 heavy (non-hydrogen) atoms. The van der Waals surface area contributed by atoms with Gasteiger partial charge in [-0.3, -0.25) is 0 Å². The standard InChI is InChI=1S/C21H29I/c1-13-10-15-5-6-18-17(19(15)11-16(13)12-22)8-9-21(3)14(2)4-7-20(18)21/h10-11,14,17-18,20H,4-9,12H2,1-3H3/t14-,17-,18+,20-,21+/m0/s1. The molecule has 3 aliphatic carbocycles. The van der Waals surface area contributed by atoms with Gasteiger partial charge in [-0.15, -0.1) is 0 Å². The Balaban J connectivity index is 1.72. The van der Waals surface area contributed by atoms with Crippen molar-refractivity contribution in [3.05, 3.63) is 34.4 Å². The van der Waals surface area contributed by atoms with Crippen LogP contribution in [0.4, 0.5) is 0 Å². The van der Waals surface area contributed by atoms with Gasteiger partial charge >= 0.3 is 0 Å². The van der Waals surface area contributed by atoms with Gasteiger partial charge in [-0.2, -0.15) is 0 Å². The highest BCUT2D eigenvalue weighted by molar-refractivity contribution is 14.1. The molecule has 4 rings (SSSR count). The largest absolute Gasteiger partial charge is 0.0812 e. The number of aryl methyl sites for hydroxylation is 2. The summed E-state index contributed by atoms with van der Waals surface area (Å²) in [6, 6.07) is 5.11. The van der Waals surface area contributed by atoms with E-state index in [0.717, 1.165) is 28.1 Å². The van der Waals surface area contributed by atoms with Crippen LogP contribution >= 0.6 is 22.6 Å². The Hall–Kier alpha value is -0.0500. The Labute approximate surface area is 149 Å². The predicted octanol–water partition coefficient (Wildman–Crippen LogP) is 6.42. The van der Waals surface area contributed by atoms with Crippen molar-refractivity contribution < 1.29 is 0 Å². The highest BCUT2D eigenvalue weighted by Crippen LogP contribution is 2.62. The van der Waals surface area contributed by atoms with Crippen molar-refractivity contribution in [3.8, 4) is 0 Å². The third-order valence-corrected chi connectivity index (χ3v) is 8.62. The van der Waals surface area contributed by atoms with Crippen LogP contribution in [0.5, 0.6) is 0 Å². The Morgan fingerprint density at radius 2 is 2.00 bits per heavy atom. The van der Waals surface area contributed by atoms with E-state index in [1.165, 1.54) is 44.1 Å². The van der Waals surface area contributed by atoms with Crippen molar-refractivity contribution >= 4 is 22.6 Å². The second kappa shape index (κ2) is 5.50. The van der Waals surface area contributed by atoms with E-state index in [1.807, 2.05) is 0 Å². The lowest BCUT2D eigenvalue weighted by Gasteiger charge is -2.50. The number of rotatable bonds is 1. The maximum absolute atomic E-state index is 2.62. The molecule has 0 spiro atoms. The van der Waals surface area contributed by atoms with E-state index in [9.17, 15) is 0 Å². The summed E-state index contributed by atoms with van der Waals surface area (Å²) in [6.45, 7) is 7.44. The molecule has 0 unspecified atom stereocenters. The van der Waals surface area contributed by atoms with Gasteiger partial charge in [0.05, 0.1) is 0 Å². The van der Waals surface area contributed by atoms with Crippen molar-refractivity contribution in [2.45, 2.75) is 69.6 Å². The molecule has 0 aliphatic heterocycles. The van der Waals surface area contributed by atoms with Crippen molar-refractivity contribution in [1.29, 1.82) is 0 Å². The van der Waals surface area contributed by atoms with Crippen LogP contribution in [0.25, 0.3) is 0 Å². The maximum Gasteiger partial charge on any atom is 0.0249 e. The highest BCUT2D eigenvalue weighted by Gasteiger charge is 2.53. The zero-order valence-electron chi connectivity index (χ0n) is 14.3. The smallest absolute Gasteiger partial charge is 0.0249 e. The van der Waals surface area contributed by atoms with Crippen LogP contribution in [0.15, 0.2) is 12.1 Å². The molecule has 0 aromatic heterocycles. The second-order valence-electron chi connectivity index (χ2n) is 8.55. The summed E-state index contributed by atoms with van der Waals surface area (Å²) in [5.41, 5.74) is 7.17. The van der Waals surface area contributed by atoms with Crippen molar-refractivity contribution in [2.24, 2.45) is 23.2 Å². The minimum absolute atomic E-state index is 0.648. The summed E-state index contributed by atoms with van der Waals surface area (Å²) in [6.07, 6.45) is 8.67. The molecular weight excluding hydrogens is 379 g/mol. The molecule has 1 heteroatoms. The molecule has 0 heterocycles. The Morgan fingerprint density at radius 1 is 1.18 bits per heavy atom. The van der Waals surface area contributed by atoms with Crippen LogP contribution < -0.4 is 0 Å². The normalized spacial score (nSPS) is 40.0. The van der Waals surface area contributed by atoms with Crippen molar-refractivity contribution in [3.63, 3.8) is 0 Å². The number of halogens is 1. The summed E-state index contributed by atoms with van der Waals surface area (Å²) in [5.74, 6) is 3.79. The average Bonchev–Trinajstić information content (AvgIpc) is 2.82. The molecule has 120 valence electrons. The molecule has 1 aromatic rings. The molecular formula is C21H29I. The van der Waals surface area contributed by atoms with E-state index in [-0.39, 0.29) is 0 Å². The van der Waals surface area contributed by atoms with Gasteiger partial charge in [-0.1, -0.05) is 48.6 Å². The number of hydrogen-bond acceptors (Lipinski definition) is 0. The number of fused-ring (bicyclic) bond motifs is 5. The quantitative estimate of drug-likeness (QED) is 0.371. The van der Waals surface area contributed by atoms with Crippen molar-refractivity contribution in [1.82, 2.24) is 0 Å². The lowest BCUT2D eigenvalue weighted by atomic mass is 9.54. The number of hydrogen-bond donors (Lipinski definition) is 0. The molecule has 0 saturated heterocycles. The van der Waals surface area contributed by atoms with Gasteiger partial charge in [-0.25, -0.2) is 0 Å². The molecule has 0 amide bonds. The predicted molar refractivity (Wildman–Crippen MR) is 103 cm³/mol. The maximum atomic E-state index is 2.62. The molecule has 0 nitrogen and oxygen atoms in total. The minimum atomic E-state index is 0.648. The molecule has 1 aromatic carbocycles. The SMILES string of the molecule is Cc1cc2c(cc1CI)[C@H]1CC[C@]3(C)[C@@H](C)CC[C@H]3[C@@H]1CC2. The first-order valence-electron chi connectivity index (χ1n) is 9.23. The van der Waals surface area contributed by atoms with E-state index in [4.69, 9.17) is 0 Å². The fraction of sp³-hybridized carbons (Fsp3) is 0.714.